The number of aromatic nitrogens is 1. The van der Waals surface area contributed by atoms with Gasteiger partial charge in [-0.25, -0.2) is 8.42 Å². The third-order valence-electron chi connectivity index (χ3n) is 6.05. The minimum absolute atomic E-state index is 0. The number of carbonyl (C=O) groups is 1. The Bertz CT molecular complexity index is 1550. The molecule has 18 heteroatoms. The van der Waals surface area contributed by atoms with Crippen molar-refractivity contribution in [1.29, 1.82) is 0 Å². The number of pyridine rings is 1. The Labute approximate surface area is 246 Å². The highest BCUT2D eigenvalue weighted by atomic mass is 35.5. The van der Waals surface area contributed by atoms with Crippen LogP contribution < -0.4 is 25.2 Å². The van der Waals surface area contributed by atoms with E-state index in [9.17, 15) is 44.3 Å². The zero-order chi connectivity index (χ0) is 30.7. The number of amides is 1. The van der Waals surface area contributed by atoms with Gasteiger partial charge >= 0.3 is 12.7 Å². The van der Waals surface area contributed by atoms with Crippen LogP contribution in [-0.4, -0.2) is 62.0 Å². The first-order valence-electron chi connectivity index (χ1n) is 12.0. The molecule has 2 heterocycles. The monoisotopic (exact) mass is 656 g/mol. The van der Waals surface area contributed by atoms with Crippen LogP contribution in [0.15, 0.2) is 76.6 Å². The normalized spacial score (nSPS) is 16.2. The van der Waals surface area contributed by atoms with E-state index in [0.717, 1.165) is 40.7 Å². The summed E-state index contributed by atoms with van der Waals surface area (Å²) < 4.78 is 110. The lowest BCUT2D eigenvalue weighted by Crippen LogP contribution is -2.60. The second-order valence-corrected chi connectivity index (χ2v) is 10.8. The van der Waals surface area contributed by atoms with Gasteiger partial charge in [0.25, 0.3) is 0 Å². The summed E-state index contributed by atoms with van der Waals surface area (Å²) in [4.78, 5) is 28.6. The van der Waals surface area contributed by atoms with Crippen LogP contribution in [-0.2, 0) is 21.4 Å². The number of H-pyrrole nitrogens is 1. The van der Waals surface area contributed by atoms with Gasteiger partial charge in [-0.05, 0) is 48.0 Å². The summed E-state index contributed by atoms with van der Waals surface area (Å²) in [5.74, 6) is -1.85. The number of aromatic amines is 1. The van der Waals surface area contributed by atoms with E-state index >= 15 is 0 Å². The zero-order valence-electron chi connectivity index (χ0n) is 21.7. The molecule has 4 rings (SSSR count). The molecule has 10 nitrogen and oxygen atoms in total. The largest absolute Gasteiger partial charge is 0.573 e. The highest BCUT2D eigenvalue weighted by Gasteiger charge is 2.40. The molecule has 0 unspecified atom stereocenters. The number of alkyl halides is 6. The maximum atomic E-state index is 13.5. The molecule has 1 amide bonds. The fraction of sp³-hybridized carbons (Fsp3) is 0.280. The van der Waals surface area contributed by atoms with Gasteiger partial charge in [-0.3, -0.25) is 9.59 Å². The molecule has 2 N–H and O–H groups in total. The Morgan fingerprint density at radius 2 is 1.44 bits per heavy atom. The van der Waals surface area contributed by atoms with E-state index in [4.69, 9.17) is 0 Å². The Morgan fingerprint density at radius 3 is 1.95 bits per heavy atom. The van der Waals surface area contributed by atoms with Gasteiger partial charge in [-0.15, -0.1) is 38.7 Å². The molecule has 0 bridgehead atoms. The predicted molar refractivity (Wildman–Crippen MR) is 142 cm³/mol. The van der Waals surface area contributed by atoms with Crippen molar-refractivity contribution in [2.45, 2.75) is 30.2 Å². The molecular weight excluding hydrogens is 634 g/mol. The first-order valence-corrected chi connectivity index (χ1v) is 13.5. The second kappa shape index (κ2) is 13.1. The number of rotatable bonds is 8. The fourth-order valence-corrected chi connectivity index (χ4v) is 5.74. The number of sulfonamides is 1. The Hall–Kier alpha value is -3.96. The molecule has 1 saturated heterocycles. The maximum absolute atomic E-state index is 13.5. The molecule has 0 aliphatic carbocycles. The highest BCUT2D eigenvalue weighted by Crippen LogP contribution is 2.28. The van der Waals surface area contributed by atoms with Gasteiger partial charge in [-0.2, -0.15) is 4.31 Å². The van der Waals surface area contributed by atoms with Gasteiger partial charge in [0.05, 0.1) is 10.6 Å². The lowest BCUT2D eigenvalue weighted by Gasteiger charge is -2.40. The lowest BCUT2D eigenvalue weighted by atomic mass is 10.1. The van der Waals surface area contributed by atoms with Crippen LogP contribution in [0, 0.1) is 0 Å². The Balaban J connectivity index is 0.00000506. The predicted octanol–water partition coefficient (Wildman–Crippen LogP) is 3.79. The maximum Gasteiger partial charge on any atom is 0.573 e. The highest BCUT2D eigenvalue weighted by molar-refractivity contribution is 7.89. The Kier molecular flexibility index (Phi) is 10.2. The van der Waals surface area contributed by atoms with E-state index in [0.29, 0.717) is 11.3 Å². The van der Waals surface area contributed by atoms with E-state index in [2.05, 4.69) is 19.8 Å². The summed E-state index contributed by atoms with van der Waals surface area (Å²) in [6, 6.07) is 9.58. The standard InChI is InChI=1S/C25H22F6N4O6S.ClH/c26-24(27,28)40-18-4-1-16(2-5-18)13-33-23(37)21-15-34(17-3-10-22(36)32-14-17)11-12-35(21)42(38,39)20-8-6-19(7-9-20)41-25(29,30)31;/h1-10,14,21H,11-13,15H2,(H,32,36)(H,33,37);1H/t21-;/m1./s1. The van der Waals surface area contributed by atoms with Crippen LogP contribution in [0.3, 0.4) is 0 Å². The van der Waals surface area contributed by atoms with Crippen molar-refractivity contribution in [2.24, 2.45) is 0 Å². The van der Waals surface area contributed by atoms with Crippen molar-refractivity contribution in [3.8, 4) is 11.5 Å². The third kappa shape index (κ3) is 9.01. The number of hydrogen-bond donors (Lipinski definition) is 2. The summed E-state index contributed by atoms with van der Waals surface area (Å²) in [5.41, 5.74) is 0.512. The smallest absolute Gasteiger partial charge is 0.406 e. The van der Waals surface area contributed by atoms with Crippen molar-refractivity contribution in [2.75, 3.05) is 24.5 Å². The number of carbonyl (C=O) groups excluding carboxylic acids is 1. The third-order valence-corrected chi connectivity index (χ3v) is 7.98. The SMILES string of the molecule is Cl.O=C(NCc1ccc(OC(F)(F)F)cc1)[C@H]1CN(c2ccc(=O)[nH]c2)CCN1S(=O)(=O)c1ccc(OC(F)(F)F)cc1. The van der Waals surface area contributed by atoms with Crippen LogP contribution in [0.4, 0.5) is 32.0 Å². The minimum Gasteiger partial charge on any atom is -0.406 e. The molecule has 0 spiro atoms. The van der Waals surface area contributed by atoms with Crippen molar-refractivity contribution in [3.05, 3.63) is 82.8 Å². The van der Waals surface area contributed by atoms with Gasteiger partial charge in [-0.1, -0.05) is 12.1 Å². The average molecular weight is 657 g/mol. The fourth-order valence-electron chi connectivity index (χ4n) is 4.17. The zero-order valence-corrected chi connectivity index (χ0v) is 23.3. The van der Waals surface area contributed by atoms with Crippen molar-refractivity contribution in [1.82, 2.24) is 14.6 Å². The molecule has 43 heavy (non-hydrogen) atoms. The first-order chi connectivity index (χ1) is 19.6. The van der Waals surface area contributed by atoms with Gasteiger partial charge in [0.1, 0.15) is 17.5 Å². The number of ether oxygens (including phenoxy) is 2. The molecule has 2 aromatic carbocycles. The topological polar surface area (TPSA) is 121 Å². The summed E-state index contributed by atoms with van der Waals surface area (Å²) in [6.07, 6.45) is -8.46. The minimum atomic E-state index is -4.98. The molecule has 1 aliphatic heterocycles. The number of nitrogens with one attached hydrogen (secondary N) is 2. The quantitative estimate of drug-likeness (QED) is 0.354. The molecule has 1 atom stereocenters. The number of nitrogens with zero attached hydrogens (tertiary/aromatic N) is 2. The number of halogens is 7. The molecule has 3 aromatic rings. The Morgan fingerprint density at radius 1 is 0.884 bits per heavy atom. The van der Waals surface area contributed by atoms with Crippen molar-refractivity contribution in [3.63, 3.8) is 0 Å². The molecule has 1 aliphatic rings. The van der Waals surface area contributed by atoms with E-state index in [1.165, 1.54) is 30.5 Å². The van der Waals surface area contributed by atoms with Crippen molar-refractivity contribution < 1.29 is 49.0 Å². The van der Waals surface area contributed by atoms with E-state index in [-0.39, 0.29) is 49.0 Å². The van der Waals surface area contributed by atoms with Crippen LogP contribution in [0.1, 0.15) is 5.56 Å². The summed E-state index contributed by atoms with van der Waals surface area (Å²) in [6.45, 7) is -0.433. The first kappa shape index (κ1) is 33.5. The van der Waals surface area contributed by atoms with Crippen molar-refractivity contribution >= 4 is 34.0 Å². The van der Waals surface area contributed by atoms with Gasteiger partial charge in [0.2, 0.25) is 21.5 Å². The van der Waals surface area contributed by atoms with E-state index < -0.39 is 46.2 Å². The van der Waals surface area contributed by atoms with Crippen LogP contribution >= 0.6 is 12.4 Å². The van der Waals surface area contributed by atoms with Gasteiger partial charge < -0.3 is 24.7 Å². The van der Waals surface area contributed by atoms with Gasteiger partial charge in [0.15, 0.2) is 0 Å². The molecule has 234 valence electrons. The number of hydrogen-bond acceptors (Lipinski definition) is 7. The molecule has 0 saturated carbocycles. The molecule has 1 aromatic heterocycles. The summed E-state index contributed by atoms with van der Waals surface area (Å²) in [7, 11) is -4.41. The molecular formula is C25H23ClF6N4O6S. The van der Waals surface area contributed by atoms with Crippen LogP contribution in [0.25, 0.3) is 0 Å². The summed E-state index contributed by atoms with van der Waals surface area (Å²) in [5, 5.41) is 2.57. The van der Waals surface area contributed by atoms with E-state index in [1.807, 2.05) is 0 Å². The number of benzene rings is 2. The van der Waals surface area contributed by atoms with Crippen LogP contribution in [0.5, 0.6) is 11.5 Å². The number of piperazine rings is 1. The lowest BCUT2D eigenvalue weighted by molar-refractivity contribution is -0.275. The van der Waals surface area contributed by atoms with Gasteiger partial charge in [0, 0.05) is 38.4 Å². The molecule has 0 radical (unpaired) electrons. The summed E-state index contributed by atoms with van der Waals surface area (Å²) >= 11 is 0. The average Bonchev–Trinajstić information content (AvgIpc) is 2.91. The van der Waals surface area contributed by atoms with E-state index in [1.54, 1.807) is 4.90 Å². The molecule has 1 fully saturated rings. The van der Waals surface area contributed by atoms with Crippen LogP contribution in [0.2, 0.25) is 0 Å². The number of anilines is 1. The second-order valence-electron chi connectivity index (χ2n) is 8.92.